The van der Waals surface area contributed by atoms with Crippen LogP contribution in [0.25, 0.3) is 0 Å². The molecular formula is C17H21ClN4. The zero-order chi connectivity index (χ0) is 15.7. The van der Waals surface area contributed by atoms with E-state index < -0.39 is 0 Å². The lowest BCUT2D eigenvalue weighted by molar-refractivity contribution is 0.625. The first kappa shape index (κ1) is 15.1. The summed E-state index contributed by atoms with van der Waals surface area (Å²) in [6.07, 6.45) is 2.41. The van der Waals surface area contributed by atoms with E-state index in [1.54, 1.807) is 0 Å². The van der Waals surface area contributed by atoms with Crippen LogP contribution in [0.2, 0.25) is 5.02 Å². The fourth-order valence-corrected chi connectivity index (χ4v) is 2.39. The summed E-state index contributed by atoms with van der Waals surface area (Å²) in [5, 5.41) is 7.33. The highest BCUT2D eigenvalue weighted by atomic mass is 35.5. The molecule has 1 saturated carbocycles. The van der Waals surface area contributed by atoms with Gasteiger partial charge >= 0.3 is 0 Å². The largest absolute Gasteiger partial charge is 0.350 e. The lowest BCUT2D eigenvalue weighted by Gasteiger charge is -2.21. The summed E-state index contributed by atoms with van der Waals surface area (Å²) in [6.45, 7) is 6.30. The van der Waals surface area contributed by atoms with Gasteiger partial charge in [-0.15, -0.1) is 0 Å². The summed E-state index contributed by atoms with van der Waals surface area (Å²) in [5.41, 5.74) is 1.87. The van der Waals surface area contributed by atoms with Gasteiger partial charge in [0.05, 0.1) is 16.4 Å². The maximum absolute atomic E-state index is 6.21. The van der Waals surface area contributed by atoms with Gasteiger partial charge < -0.3 is 10.6 Å². The summed E-state index contributed by atoms with van der Waals surface area (Å²) in [5.74, 6) is 2.00. The van der Waals surface area contributed by atoms with Gasteiger partial charge in [-0.05, 0) is 45.7 Å². The third-order valence-electron chi connectivity index (χ3n) is 3.36. The molecule has 0 saturated heterocycles. The van der Waals surface area contributed by atoms with Crippen molar-refractivity contribution in [3.8, 4) is 0 Å². The fraction of sp³-hybridized carbons (Fsp3) is 0.412. The van der Waals surface area contributed by atoms with E-state index >= 15 is 0 Å². The molecule has 0 spiro atoms. The molecule has 1 aliphatic rings. The number of rotatable bonds is 4. The van der Waals surface area contributed by atoms with E-state index in [0.717, 1.165) is 17.2 Å². The number of halogens is 1. The van der Waals surface area contributed by atoms with E-state index in [-0.39, 0.29) is 5.54 Å². The van der Waals surface area contributed by atoms with Gasteiger partial charge in [0.2, 0.25) is 5.95 Å². The fourth-order valence-electron chi connectivity index (χ4n) is 2.21. The Bertz CT molecular complexity index is 675. The highest BCUT2D eigenvalue weighted by molar-refractivity contribution is 6.33. The summed E-state index contributed by atoms with van der Waals surface area (Å²) < 4.78 is 0. The molecule has 0 aliphatic heterocycles. The Balaban J connectivity index is 1.91. The number of nitrogens with one attached hydrogen (secondary N) is 2. The highest BCUT2D eigenvalue weighted by Gasteiger charge is 2.26. The van der Waals surface area contributed by atoms with Crippen LogP contribution in [0.3, 0.4) is 0 Å². The molecule has 0 radical (unpaired) electrons. The molecule has 1 aliphatic carbocycles. The summed E-state index contributed by atoms with van der Waals surface area (Å²) >= 11 is 6.21. The average molecular weight is 317 g/mol. The molecule has 1 fully saturated rings. The number of benzene rings is 1. The second-order valence-corrected chi connectivity index (χ2v) is 7.16. The summed E-state index contributed by atoms with van der Waals surface area (Å²) in [6, 6.07) is 9.69. The quantitative estimate of drug-likeness (QED) is 0.837. The van der Waals surface area contributed by atoms with Crippen LogP contribution in [0.5, 0.6) is 0 Å². The smallest absolute Gasteiger partial charge is 0.225 e. The van der Waals surface area contributed by atoms with Gasteiger partial charge in [0.1, 0.15) is 5.82 Å². The van der Waals surface area contributed by atoms with Crippen molar-refractivity contribution in [2.75, 3.05) is 10.6 Å². The van der Waals surface area contributed by atoms with E-state index in [0.29, 0.717) is 16.9 Å². The van der Waals surface area contributed by atoms with E-state index in [9.17, 15) is 0 Å². The van der Waals surface area contributed by atoms with Gasteiger partial charge in [-0.3, -0.25) is 0 Å². The first-order valence-electron chi connectivity index (χ1n) is 7.59. The van der Waals surface area contributed by atoms with Crippen LogP contribution >= 0.6 is 11.6 Å². The van der Waals surface area contributed by atoms with Crippen LogP contribution in [-0.2, 0) is 0 Å². The van der Waals surface area contributed by atoms with Crippen LogP contribution in [0, 0.1) is 0 Å². The first-order chi connectivity index (χ1) is 10.4. The molecule has 0 bridgehead atoms. The van der Waals surface area contributed by atoms with Crippen molar-refractivity contribution in [1.82, 2.24) is 9.97 Å². The molecule has 1 aromatic heterocycles. The second kappa shape index (κ2) is 5.76. The van der Waals surface area contributed by atoms with Gasteiger partial charge in [-0.25, -0.2) is 4.98 Å². The Hall–Kier alpha value is -1.81. The Labute approximate surface area is 136 Å². The number of nitrogens with zero attached hydrogens (tertiary/aromatic N) is 2. The standard InChI is InChI=1S/C17H21ClN4/c1-17(2,3)22-16-20-14(11-8-9-11)10-15(21-16)19-13-7-5-4-6-12(13)18/h4-7,10-11H,8-9H2,1-3H3,(H2,19,20,21,22). The Morgan fingerprint density at radius 2 is 1.86 bits per heavy atom. The highest BCUT2D eigenvalue weighted by Crippen LogP contribution is 2.40. The number of hydrogen-bond donors (Lipinski definition) is 2. The van der Waals surface area contributed by atoms with Gasteiger partial charge in [0.15, 0.2) is 0 Å². The normalized spacial score (nSPS) is 14.7. The summed E-state index contributed by atoms with van der Waals surface area (Å²) in [4.78, 5) is 9.22. The van der Waals surface area contributed by atoms with Crippen LogP contribution < -0.4 is 10.6 Å². The number of aromatic nitrogens is 2. The molecule has 4 nitrogen and oxygen atoms in total. The monoisotopic (exact) mass is 316 g/mol. The lowest BCUT2D eigenvalue weighted by atomic mass is 10.1. The van der Waals surface area contributed by atoms with Gasteiger partial charge in [-0.1, -0.05) is 23.7 Å². The van der Waals surface area contributed by atoms with E-state index in [1.807, 2.05) is 30.3 Å². The van der Waals surface area contributed by atoms with Crippen LogP contribution in [0.1, 0.15) is 45.2 Å². The van der Waals surface area contributed by atoms with Gasteiger partial charge in [0, 0.05) is 17.5 Å². The lowest BCUT2D eigenvalue weighted by Crippen LogP contribution is -2.27. The predicted molar refractivity (Wildman–Crippen MR) is 92.1 cm³/mol. The van der Waals surface area contributed by atoms with E-state index in [2.05, 4.69) is 41.4 Å². The van der Waals surface area contributed by atoms with Crippen molar-refractivity contribution < 1.29 is 0 Å². The Morgan fingerprint density at radius 3 is 2.50 bits per heavy atom. The third-order valence-corrected chi connectivity index (χ3v) is 3.69. The van der Waals surface area contributed by atoms with Gasteiger partial charge in [-0.2, -0.15) is 4.98 Å². The molecule has 0 atom stereocenters. The molecule has 2 N–H and O–H groups in total. The minimum absolute atomic E-state index is 0.0795. The summed E-state index contributed by atoms with van der Waals surface area (Å²) in [7, 11) is 0. The molecule has 1 heterocycles. The molecule has 116 valence electrons. The molecule has 5 heteroatoms. The van der Waals surface area contributed by atoms with Crippen molar-refractivity contribution in [2.45, 2.75) is 45.1 Å². The second-order valence-electron chi connectivity index (χ2n) is 6.76. The zero-order valence-electron chi connectivity index (χ0n) is 13.2. The topological polar surface area (TPSA) is 49.8 Å². The number of anilines is 3. The van der Waals surface area contributed by atoms with E-state index in [4.69, 9.17) is 11.6 Å². The van der Waals surface area contributed by atoms with Crippen molar-refractivity contribution in [3.63, 3.8) is 0 Å². The predicted octanol–water partition coefficient (Wildman–Crippen LogP) is 4.96. The maximum Gasteiger partial charge on any atom is 0.225 e. The van der Waals surface area contributed by atoms with Crippen molar-refractivity contribution in [3.05, 3.63) is 41.0 Å². The minimum Gasteiger partial charge on any atom is -0.350 e. The molecule has 3 rings (SSSR count). The number of para-hydroxylation sites is 1. The Morgan fingerprint density at radius 1 is 1.14 bits per heavy atom. The van der Waals surface area contributed by atoms with Gasteiger partial charge in [0.25, 0.3) is 0 Å². The zero-order valence-corrected chi connectivity index (χ0v) is 13.9. The first-order valence-corrected chi connectivity index (χ1v) is 7.97. The van der Waals surface area contributed by atoms with E-state index in [1.165, 1.54) is 12.8 Å². The third kappa shape index (κ3) is 3.89. The van der Waals surface area contributed by atoms with Crippen molar-refractivity contribution in [2.24, 2.45) is 0 Å². The minimum atomic E-state index is -0.0795. The molecular weight excluding hydrogens is 296 g/mol. The van der Waals surface area contributed by atoms with Crippen molar-refractivity contribution >= 4 is 29.1 Å². The average Bonchev–Trinajstić information content (AvgIpc) is 3.23. The molecule has 1 aromatic carbocycles. The molecule has 0 unspecified atom stereocenters. The molecule has 2 aromatic rings. The van der Waals surface area contributed by atoms with Crippen LogP contribution in [0.4, 0.5) is 17.5 Å². The molecule has 0 amide bonds. The van der Waals surface area contributed by atoms with Crippen LogP contribution in [-0.4, -0.2) is 15.5 Å². The van der Waals surface area contributed by atoms with Crippen LogP contribution in [0.15, 0.2) is 30.3 Å². The molecule has 22 heavy (non-hydrogen) atoms. The van der Waals surface area contributed by atoms with Crippen molar-refractivity contribution in [1.29, 1.82) is 0 Å². The maximum atomic E-state index is 6.21. The number of hydrogen-bond acceptors (Lipinski definition) is 4. The Kier molecular flexibility index (Phi) is 3.96. The SMILES string of the molecule is CC(C)(C)Nc1nc(Nc2ccccc2Cl)cc(C2CC2)n1.